The first-order valence-corrected chi connectivity index (χ1v) is 9.62. The predicted molar refractivity (Wildman–Crippen MR) is 101 cm³/mol. The molecule has 0 N–H and O–H groups in total. The largest absolute Gasteiger partial charge is 0.337 e. The van der Waals surface area contributed by atoms with Gasteiger partial charge in [-0.25, -0.2) is 8.78 Å². The highest BCUT2D eigenvalue weighted by Crippen LogP contribution is 2.35. The van der Waals surface area contributed by atoms with Gasteiger partial charge in [-0.1, -0.05) is 22.8 Å². The van der Waals surface area contributed by atoms with E-state index in [9.17, 15) is 13.6 Å². The number of nitrogens with zero attached hydrogens (tertiary/aromatic N) is 3. The summed E-state index contributed by atoms with van der Waals surface area (Å²) < 4.78 is 33.2. The van der Waals surface area contributed by atoms with Gasteiger partial charge in [0.2, 0.25) is 17.6 Å². The van der Waals surface area contributed by atoms with Crippen LogP contribution >= 0.6 is 27.5 Å². The van der Waals surface area contributed by atoms with E-state index in [1.54, 1.807) is 12.1 Å². The van der Waals surface area contributed by atoms with E-state index in [-0.39, 0.29) is 45.6 Å². The van der Waals surface area contributed by atoms with Crippen LogP contribution in [-0.2, 0) is 11.3 Å². The molecule has 5 nitrogen and oxygen atoms in total. The molecule has 2 heterocycles. The monoisotopic (exact) mass is 467 g/mol. The second kappa shape index (κ2) is 7.60. The lowest BCUT2D eigenvalue weighted by molar-refractivity contribution is -0.130. The Bertz CT molecular complexity index is 1040. The van der Waals surface area contributed by atoms with Crippen LogP contribution in [0.4, 0.5) is 8.78 Å². The van der Waals surface area contributed by atoms with Crippen molar-refractivity contribution in [1.82, 2.24) is 15.0 Å². The van der Waals surface area contributed by atoms with Gasteiger partial charge in [0, 0.05) is 22.6 Å². The number of likely N-dealkylation sites (tertiary alicyclic amines) is 1. The molecule has 1 aliphatic rings. The lowest BCUT2D eigenvalue weighted by Crippen LogP contribution is -2.28. The zero-order valence-electron chi connectivity index (χ0n) is 14.3. The van der Waals surface area contributed by atoms with Crippen molar-refractivity contribution < 1.29 is 18.1 Å². The van der Waals surface area contributed by atoms with Crippen LogP contribution in [0.25, 0.3) is 11.4 Å². The van der Waals surface area contributed by atoms with Crippen molar-refractivity contribution in [1.29, 1.82) is 0 Å². The van der Waals surface area contributed by atoms with Crippen molar-refractivity contribution in [3.05, 3.63) is 69.0 Å². The minimum Gasteiger partial charge on any atom is -0.337 e. The Morgan fingerprint density at radius 1 is 1.25 bits per heavy atom. The predicted octanol–water partition coefficient (Wildman–Crippen LogP) is 5.29. The lowest BCUT2D eigenvalue weighted by Gasteiger charge is -2.22. The highest BCUT2D eigenvalue weighted by atomic mass is 79.9. The molecule has 2 aromatic carbocycles. The number of hydrogen-bond acceptors (Lipinski definition) is 4. The Morgan fingerprint density at radius 2 is 2.07 bits per heavy atom. The molecule has 1 aromatic heterocycles. The third kappa shape index (κ3) is 3.54. The maximum Gasteiger partial charge on any atom is 0.249 e. The van der Waals surface area contributed by atoms with E-state index in [1.165, 1.54) is 29.2 Å². The van der Waals surface area contributed by atoms with Crippen LogP contribution in [0.1, 0.15) is 30.3 Å². The van der Waals surface area contributed by atoms with Crippen LogP contribution in [0.2, 0.25) is 5.02 Å². The number of carbonyl (C=O) groups excluding carboxylic acids is 1. The first-order valence-electron chi connectivity index (χ1n) is 8.45. The van der Waals surface area contributed by atoms with Crippen LogP contribution in [0.15, 0.2) is 45.4 Å². The molecule has 144 valence electrons. The molecule has 3 aromatic rings. The van der Waals surface area contributed by atoms with Gasteiger partial charge in [0.05, 0.1) is 11.0 Å². The Hall–Kier alpha value is -2.32. The minimum absolute atomic E-state index is 0.00875. The van der Waals surface area contributed by atoms with E-state index >= 15 is 0 Å². The number of carbonyl (C=O) groups is 1. The van der Waals surface area contributed by atoms with Crippen molar-refractivity contribution in [3.63, 3.8) is 0 Å². The molecule has 9 heteroatoms. The quantitative estimate of drug-likeness (QED) is 0.522. The van der Waals surface area contributed by atoms with Crippen molar-refractivity contribution in [2.45, 2.75) is 25.4 Å². The fourth-order valence-electron chi connectivity index (χ4n) is 3.17. The number of hydrogen-bond donors (Lipinski definition) is 0. The standard InChI is InChI=1S/C19H13BrClF2N3O2/c20-12-8-10(4-5-15(12)23)18-24-19(28-25-18)16-6-7-17(27)26(16)9-11-13(21)2-1-3-14(11)22/h1-5,8,16H,6-7,9H2. The average molecular weight is 469 g/mol. The molecule has 1 amide bonds. The molecule has 1 unspecified atom stereocenters. The molecular formula is C19H13BrClF2N3O2. The van der Waals surface area contributed by atoms with Gasteiger partial charge >= 0.3 is 0 Å². The Morgan fingerprint density at radius 3 is 2.82 bits per heavy atom. The Balaban J connectivity index is 1.62. The van der Waals surface area contributed by atoms with Gasteiger partial charge in [-0.15, -0.1) is 0 Å². The van der Waals surface area contributed by atoms with E-state index in [0.29, 0.717) is 12.0 Å². The summed E-state index contributed by atoms with van der Waals surface area (Å²) in [6.45, 7) is 0.00875. The van der Waals surface area contributed by atoms with Gasteiger partial charge in [0.25, 0.3) is 0 Å². The summed E-state index contributed by atoms with van der Waals surface area (Å²) in [5.74, 6) is -0.503. The molecule has 0 saturated carbocycles. The summed E-state index contributed by atoms with van der Waals surface area (Å²) in [4.78, 5) is 18.2. The molecule has 1 atom stereocenters. The second-order valence-corrected chi connectivity index (χ2v) is 7.62. The van der Waals surface area contributed by atoms with E-state index in [0.717, 1.165) is 0 Å². The van der Waals surface area contributed by atoms with Crippen LogP contribution in [0.5, 0.6) is 0 Å². The third-order valence-corrected chi connectivity index (χ3v) is 5.58. The molecule has 0 spiro atoms. The molecule has 1 saturated heterocycles. The average Bonchev–Trinajstić information content (AvgIpc) is 3.28. The first-order chi connectivity index (χ1) is 13.4. The Kier molecular flexibility index (Phi) is 5.16. The number of amides is 1. The van der Waals surface area contributed by atoms with Gasteiger partial charge in [-0.3, -0.25) is 4.79 Å². The smallest absolute Gasteiger partial charge is 0.249 e. The molecule has 1 aliphatic heterocycles. The maximum absolute atomic E-state index is 14.1. The van der Waals surface area contributed by atoms with Crippen LogP contribution in [0, 0.1) is 11.6 Å². The van der Waals surface area contributed by atoms with Gasteiger partial charge < -0.3 is 9.42 Å². The lowest BCUT2D eigenvalue weighted by atomic mass is 10.1. The van der Waals surface area contributed by atoms with E-state index in [1.807, 2.05) is 0 Å². The molecule has 0 radical (unpaired) electrons. The topological polar surface area (TPSA) is 59.2 Å². The van der Waals surface area contributed by atoms with Crippen molar-refractivity contribution in [2.24, 2.45) is 0 Å². The summed E-state index contributed by atoms with van der Waals surface area (Å²) in [5.41, 5.74) is 0.808. The fourth-order valence-corrected chi connectivity index (χ4v) is 3.77. The van der Waals surface area contributed by atoms with Crippen LogP contribution in [-0.4, -0.2) is 20.9 Å². The number of halogens is 4. The first kappa shape index (κ1) is 19.0. The summed E-state index contributed by atoms with van der Waals surface area (Å²) in [6, 6.07) is 8.27. The van der Waals surface area contributed by atoms with Gasteiger partial charge in [-0.2, -0.15) is 4.98 Å². The molecule has 0 bridgehead atoms. The van der Waals surface area contributed by atoms with Gasteiger partial charge in [0.1, 0.15) is 17.7 Å². The number of benzene rings is 2. The van der Waals surface area contributed by atoms with E-state index in [2.05, 4.69) is 26.1 Å². The summed E-state index contributed by atoms with van der Waals surface area (Å²) in [5, 5.41) is 4.19. The number of rotatable bonds is 4. The maximum atomic E-state index is 14.1. The zero-order chi connectivity index (χ0) is 19.8. The highest BCUT2D eigenvalue weighted by molar-refractivity contribution is 9.10. The third-order valence-electron chi connectivity index (χ3n) is 4.62. The molecular weight excluding hydrogens is 456 g/mol. The fraction of sp³-hybridized carbons (Fsp3) is 0.211. The number of aromatic nitrogens is 2. The highest BCUT2D eigenvalue weighted by Gasteiger charge is 2.36. The molecule has 1 fully saturated rings. The second-order valence-electron chi connectivity index (χ2n) is 6.36. The molecule has 4 rings (SSSR count). The SMILES string of the molecule is O=C1CCC(c2nc(-c3ccc(F)c(Br)c3)no2)N1Cc1c(F)cccc1Cl. The summed E-state index contributed by atoms with van der Waals surface area (Å²) >= 11 is 9.22. The Labute approximate surface area is 172 Å². The van der Waals surface area contributed by atoms with Gasteiger partial charge in [-0.05, 0) is 52.7 Å². The summed E-state index contributed by atoms with van der Waals surface area (Å²) in [6.07, 6.45) is 0.760. The normalized spacial score (nSPS) is 16.8. The molecule has 28 heavy (non-hydrogen) atoms. The summed E-state index contributed by atoms with van der Waals surface area (Å²) in [7, 11) is 0. The van der Waals surface area contributed by atoms with E-state index in [4.69, 9.17) is 16.1 Å². The van der Waals surface area contributed by atoms with Gasteiger partial charge in [0.15, 0.2) is 0 Å². The van der Waals surface area contributed by atoms with Crippen LogP contribution < -0.4 is 0 Å². The zero-order valence-corrected chi connectivity index (χ0v) is 16.7. The van der Waals surface area contributed by atoms with E-state index < -0.39 is 17.7 Å². The van der Waals surface area contributed by atoms with Crippen molar-refractivity contribution in [3.8, 4) is 11.4 Å². The molecule has 0 aliphatic carbocycles. The van der Waals surface area contributed by atoms with Crippen molar-refractivity contribution in [2.75, 3.05) is 0 Å². The minimum atomic E-state index is -0.478. The van der Waals surface area contributed by atoms with Crippen LogP contribution in [0.3, 0.4) is 0 Å². The van der Waals surface area contributed by atoms with Crippen molar-refractivity contribution >= 4 is 33.4 Å².